The van der Waals surface area contributed by atoms with E-state index >= 15 is 0 Å². The molecular formula is C16H18N6O5S2. The minimum atomic E-state index is -1.44. The average Bonchev–Trinajstić information content (AvgIpc) is 3.39. The van der Waals surface area contributed by atoms with Gasteiger partial charge in [-0.2, -0.15) is 0 Å². The molecule has 11 nitrogen and oxygen atoms in total. The van der Waals surface area contributed by atoms with Crippen molar-refractivity contribution in [3.05, 3.63) is 24.5 Å². The van der Waals surface area contributed by atoms with Crippen LogP contribution in [0, 0.1) is 0 Å². The highest BCUT2D eigenvalue weighted by atomic mass is 32.2. The Kier molecular flexibility index (Phi) is 6.15. The number of thioether (sulfide) groups is 1. The van der Waals surface area contributed by atoms with Crippen molar-refractivity contribution in [2.24, 2.45) is 9.98 Å². The molecule has 2 aromatic heterocycles. The smallest absolute Gasteiger partial charge is 0.211 e. The van der Waals surface area contributed by atoms with Crippen LogP contribution in [0.3, 0.4) is 0 Å². The number of nitrogens with one attached hydrogen (secondary N) is 1. The summed E-state index contributed by atoms with van der Waals surface area (Å²) in [4.78, 5) is 12.7. The number of aliphatic imine (C=N–C) groups is 2. The molecule has 5 N–H and O–H groups in total. The van der Waals surface area contributed by atoms with Gasteiger partial charge in [0.25, 0.3) is 0 Å². The van der Waals surface area contributed by atoms with E-state index in [1.165, 1.54) is 11.3 Å². The predicted octanol–water partition coefficient (Wildman–Crippen LogP) is -0.687. The fraction of sp³-hybridized carbons (Fsp3) is 0.438. The van der Waals surface area contributed by atoms with Gasteiger partial charge in [-0.25, -0.2) is 4.99 Å². The largest absolute Gasteiger partial charge is 0.394 e. The Bertz CT molecular complexity index is 908. The van der Waals surface area contributed by atoms with Gasteiger partial charge in [0.15, 0.2) is 10.2 Å². The topological polar surface area (TPSA) is 166 Å². The van der Waals surface area contributed by atoms with E-state index in [4.69, 9.17) is 4.74 Å². The number of aliphatic hydroxyl groups excluding tert-OH is 4. The molecule has 1 saturated heterocycles. The second kappa shape index (κ2) is 8.79. The third-order valence-corrected chi connectivity index (χ3v) is 6.19. The second-order valence-electron chi connectivity index (χ2n) is 6.25. The molecule has 4 heterocycles. The van der Waals surface area contributed by atoms with Crippen LogP contribution in [0.25, 0.3) is 10.6 Å². The fourth-order valence-corrected chi connectivity index (χ4v) is 4.49. The van der Waals surface area contributed by atoms with Crippen molar-refractivity contribution in [3.8, 4) is 10.6 Å². The van der Waals surface area contributed by atoms with Crippen LogP contribution in [0.2, 0.25) is 0 Å². The van der Waals surface area contributed by atoms with E-state index in [2.05, 4.69) is 30.5 Å². The van der Waals surface area contributed by atoms with E-state index in [9.17, 15) is 20.4 Å². The Morgan fingerprint density at radius 2 is 2.07 bits per heavy atom. The number of anilines is 1. The quantitative estimate of drug-likeness (QED) is 0.412. The maximum Gasteiger partial charge on any atom is 0.211 e. The van der Waals surface area contributed by atoms with E-state index < -0.39 is 36.5 Å². The molecular weight excluding hydrogens is 420 g/mol. The van der Waals surface area contributed by atoms with Crippen LogP contribution in [0.1, 0.15) is 0 Å². The molecule has 13 heteroatoms. The number of pyridine rings is 1. The fourth-order valence-electron chi connectivity index (χ4n) is 2.73. The van der Waals surface area contributed by atoms with Crippen molar-refractivity contribution < 1.29 is 25.2 Å². The molecule has 154 valence electrons. The Hall–Kier alpha value is -2.00. The van der Waals surface area contributed by atoms with Crippen LogP contribution in [0.5, 0.6) is 0 Å². The van der Waals surface area contributed by atoms with Gasteiger partial charge in [-0.05, 0) is 12.1 Å². The molecule has 29 heavy (non-hydrogen) atoms. The molecule has 1 fully saturated rings. The summed E-state index contributed by atoms with van der Waals surface area (Å²) in [6.07, 6.45) is -1.77. The zero-order valence-electron chi connectivity index (χ0n) is 14.9. The van der Waals surface area contributed by atoms with Gasteiger partial charge in [0.05, 0.1) is 6.61 Å². The third kappa shape index (κ3) is 4.45. The predicted molar refractivity (Wildman–Crippen MR) is 108 cm³/mol. The number of rotatable bonds is 4. The maximum absolute atomic E-state index is 10.1. The highest BCUT2D eigenvalue weighted by Crippen LogP contribution is 2.31. The average molecular weight is 438 g/mol. The Balaban J connectivity index is 1.38. The van der Waals surface area contributed by atoms with Gasteiger partial charge in [-0.15, -0.1) is 10.2 Å². The molecule has 0 aromatic carbocycles. The van der Waals surface area contributed by atoms with E-state index in [0.29, 0.717) is 16.1 Å². The van der Waals surface area contributed by atoms with Crippen LogP contribution in [-0.2, 0) is 4.74 Å². The van der Waals surface area contributed by atoms with Gasteiger partial charge < -0.3 is 30.5 Å². The highest BCUT2D eigenvalue weighted by Gasteiger charge is 2.44. The first-order valence-electron chi connectivity index (χ1n) is 8.65. The van der Waals surface area contributed by atoms with Crippen LogP contribution < -0.4 is 5.32 Å². The van der Waals surface area contributed by atoms with Crippen molar-refractivity contribution in [2.75, 3.05) is 18.5 Å². The lowest BCUT2D eigenvalue weighted by Crippen LogP contribution is -2.57. The van der Waals surface area contributed by atoms with Crippen LogP contribution in [0.4, 0.5) is 5.13 Å². The summed E-state index contributed by atoms with van der Waals surface area (Å²) in [6, 6.07) is 3.71. The number of aliphatic hydroxyl groups is 4. The summed E-state index contributed by atoms with van der Waals surface area (Å²) in [6.45, 7) is -0.206. The number of nitrogens with zero attached hydrogens (tertiary/aromatic N) is 5. The molecule has 0 spiro atoms. The van der Waals surface area contributed by atoms with Crippen molar-refractivity contribution in [1.29, 1.82) is 0 Å². The second-order valence-corrected chi connectivity index (χ2v) is 8.29. The molecule has 0 unspecified atom stereocenters. The first-order valence-corrected chi connectivity index (χ1v) is 10.3. The Morgan fingerprint density at radius 1 is 1.21 bits per heavy atom. The summed E-state index contributed by atoms with van der Waals surface area (Å²) in [7, 11) is 0. The minimum absolute atomic E-state index is 0.279. The van der Waals surface area contributed by atoms with E-state index in [0.717, 1.165) is 22.3 Å². The standard InChI is InChI=1S/C16H18N6O5S2/c23-6-8-10(24)11(25)12(26)14(27-8)29-15-18-5-9(19-15)20-16-22-21-13(28-16)7-2-1-3-17-4-7/h1-4,8,10-12,14,23-26H,5-6H2,(H,18,19,20,22)/t8-,10-,11+,12-,14+/m1/s1. The molecule has 4 rings (SSSR count). The third-order valence-electron chi connectivity index (χ3n) is 4.25. The van der Waals surface area contributed by atoms with Crippen LogP contribution in [0.15, 0.2) is 34.5 Å². The number of aromatic nitrogens is 3. The van der Waals surface area contributed by atoms with Crippen molar-refractivity contribution in [3.63, 3.8) is 0 Å². The summed E-state index contributed by atoms with van der Waals surface area (Å²) < 4.78 is 5.45. The van der Waals surface area contributed by atoms with Crippen molar-refractivity contribution >= 4 is 39.2 Å². The molecule has 0 radical (unpaired) electrons. The van der Waals surface area contributed by atoms with Gasteiger partial charge in [0, 0.05) is 18.0 Å². The molecule has 5 atom stereocenters. The summed E-state index contributed by atoms with van der Waals surface area (Å²) in [5.74, 6) is 0.547. The van der Waals surface area contributed by atoms with Crippen LogP contribution >= 0.6 is 23.1 Å². The van der Waals surface area contributed by atoms with Gasteiger partial charge >= 0.3 is 0 Å². The SMILES string of the molecule is OC[C@H]1O[C@@H](SC2=NCC(Nc3nnc(-c4cccnc4)s3)=N2)[C@H](O)[C@@H](O)[C@@H]1O. The van der Waals surface area contributed by atoms with Gasteiger partial charge in [-0.1, -0.05) is 23.1 Å². The van der Waals surface area contributed by atoms with Crippen LogP contribution in [-0.4, -0.2) is 89.6 Å². The zero-order valence-corrected chi connectivity index (χ0v) is 16.5. The first kappa shape index (κ1) is 20.3. The molecule has 0 amide bonds. The molecule has 0 bridgehead atoms. The summed E-state index contributed by atoms with van der Waals surface area (Å²) >= 11 is 2.35. The molecule has 2 aliphatic heterocycles. The minimum Gasteiger partial charge on any atom is -0.394 e. The lowest BCUT2D eigenvalue weighted by molar-refractivity contribution is -0.205. The molecule has 0 saturated carbocycles. The number of hydrogen-bond acceptors (Lipinski definition) is 13. The maximum atomic E-state index is 10.1. The van der Waals surface area contributed by atoms with Gasteiger partial charge in [0.2, 0.25) is 5.13 Å². The molecule has 2 aliphatic rings. The first-order chi connectivity index (χ1) is 14.0. The zero-order chi connectivity index (χ0) is 20.4. The lowest BCUT2D eigenvalue weighted by atomic mass is 10.0. The van der Waals surface area contributed by atoms with Gasteiger partial charge in [-0.3, -0.25) is 9.98 Å². The van der Waals surface area contributed by atoms with E-state index in [-0.39, 0.29) is 6.54 Å². The number of ether oxygens (including phenoxy) is 1. The summed E-state index contributed by atoms with van der Waals surface area (Å²) in [5, 5.41) is 52.0. The molecule has 2 aromatic rings. The Labute approximate surface area is 173 Å². The summed E-state index contributed by atoms with van der Waals surface area (Å²) in [5.41, 5.74) is -0.0624. The van der Waals surface area contributed by atoms with Gasteiger partial charge in [0.1, 0.15) is 42.2 Å². The normalized spacial score (nSPS) is 29.4. The lowest BCUT2D eigenvalue weighted by Gasteiger charge is -2.39. The van der Waals surface area contributed by atoms with Crippen molar-refractivity contribution in [2.45, 2.75) is 29.9 Å². The van der Waals surface area contributed by atoms with E-state index in [1.807, 2.05) is 12.1 Å². The van der Waals surface area contributed by atoms with E-state index in [1.54, 1.807) is 12.4 Å². The monoisotopic (exact) mass is 438 g/mol. The highest BCUT2D eigenvalue weighted by molar-refractivity contribution is 8.14. The van der Waals surface area contributed by atoms with Crippen molar-refractivity contribution in [1.82, 2.24) is 15.2 Å². The number of hydrogen-bond donors (Lipinski definition) is 5. The number of amidine groups is 2. The Morgan fingerprint density at radius 3 is 2.83 bits per heavy atom. The molecule has 0 aliphatic carbocycles.